The van der Waals surface area contributed by atoms with Crippen LogP contribution in [0.3, 0.4) is 0 Å². The molecule has 9 heteroatoms. The van der Waals surface area contributed by atoms with Gasteiger partial charge in [-0.3, -0.25) is 14.4 Å². The van der Waals surface area contributed by atoms with E-state index in [0.29, 0.717) is 28.7 Å². The molecular formula is C20H19ClN2O6. The molecule has 2 aromatic carbocycles. The van der Waals surface area contributed by atoms with E-state index in [9.17, 15) is 14.4 Å². The third-order valence-electron chi connectivity index (χ3n) is 3.96. The number of benzene rings is 2. The highest BCUT2D eigenvalue weighted by molar-refractivity contribution is 6.30. The maximum Gasteiger partial charge on any atom is 0.325 e. The summed E-state index contributed by atoms with van der Waals surface area (Å²) in [5.74, 6) is -0.387. The number of fused-ring (bicyclic) bond motifs is 1. The number of ether oxygens (including phenoxy) is 3. The Labute approximate surface area is 172 Å². The molecule has 3 rings (SSSR count). The number of nitrogens with one attached hydrogen (secondary N) is 2. The zero-order valence-corrected chi connectivity index (χ0v) is 16.1. The normalized spacial score (nSPS) is 14.6. The van der Waals surface area contributed by atoms with Crippen LogP contribution in [0, 0.1) is 0 Å². The first-order valence-corrected chi connectivity index (χ1v) is 9.23. The number of rotatable bonds is 7. The predicted molar refractivity (Wildman–Crippen MR) is 104 cm³/mol. The van der Waals surface area contributed by atoms with Crippen molar-refractivity contribution in [1.82, 2.24) is 10.6 Å². The molecule has 8 nitrogen and oxygen atoms in total. The number of carbonyl (C=O) groups is 3. The van der Waals surface area contributed by atoms with Gasteiger partial charge in [-0.25, -0.2) is 0 Å². The van der Waals surface area contributed by atoms with Gasteiger partial charge >= 0.3 is 5.97 Å². The first-order valence-electron chi connectivity index (χ1n) is 8.86. The summed E-state index contributed by atoms with van der Waals surface area (Å²) in [6, 6.07) is 13.5. The first kappa shape index (κ1) is 20.5. The van der Waals surface area contributed by atoms with Crippen LogP contribution in [0.2, 0.25) is 5.02 Å². The van der Waals surface area contributed by atoms with Crippen molar-refractivity contribution in [1.29, 1.82) is 0 Å². The monoisotopic (exact) mass is 418 g/mol. The molecule has 1 heterocycles. The Morgan fingerprint density at radius 1 is 1.03 bits per heavy atom. The molecule has 29 heavy (non-hydrogen) atoms. The van der Waals surface area contributed by atoms with E-state index in [1.807, 2.05) is 12.1 Å². The van der Waals surface area contributed by atoms with E-state index in [1.54, 1.807) is 24.3 Å². The van der Waals surface area contributed by atoms with Crippen LogP contribution in [0.5, 0.6) is 11.5 Å². The van der Waals surface area contributed by atoms with Crippen LogP contribution in [0.15, 0.2) is 48.5 Å². The minimum atomic E-state index is -0.728. The lowest BCUT2D eigenvalue weighted by atomic mass is 10.2. The molecule has 0 aromatic heterocycles. The Balaban J connectivity index is 1.32. The van der Waals surface area contributed by atoms with Crippen molar-refractivity contribution < 1.29 is 28.6 Å². The van der Waals surface area contributed by atoms with Gasteiger partial charge in [-0.05, 0) is 36.4 Å². The molecule has 0 unspecified atom stereocenters. The van der Waals surface area contributed by atoms with Gasteiger partial charge in [-0.15, -0.1) is 0 Å². The molecule has 2 N–H and O–H groups in total. The molecule has 0 saturated carbocycles. The molecule has 2 amide bonds. The summed E-state index contributed by atoms with van der Waals surface area (Å²) >= 11 is 5.75. The fourth-order valence-corrected chi connectivity index (χ4v) is 2.62. The van der Waals surface area contributed by atoms with Gasteiger partial charge in [0.2, 0.25) is 0 Å². The molecular weight excluding hydrogens is 400 g/mol. The van der Waals surface area contributed by atoms with Crippen LogP contribution >= 0.6 is 11.6 Å². The second-order valence-electron chi connectivity index (χ2n) is 6.15. The molecule has 0 bridgehead atoms. The number of hydrogen-bond donors (Lipinski definition) is 2. The molecule has 0 spiro atoms. The quantitative estimate of drug-likeness (QED) is 0.662. The Bertz CT molecular complexity index is 887. The van der Waals surface area contributed by atoms with E-state index in [-0.39, 0.29) is 19.2 Å². The van der Waals surface area contributed by atoms with E-state index in [4.69, 9.17) is 25.8 Å². The Kier molecular flexibility index (Phi) is 6.91. The minimum absolute atomic E-state index is 0.206. The fraction of sp³-hybridized carbons (Fsp3) is 0.250. The van der Waals surface area contributed by atoms with Gasteiger partial charge in [-0.1, -0.05) is 23.7 Å². The van der Waals surface area contributed by atoms with E-state index in [2.05, 4.69) is 10.6 Å². The van der Waals surface area contributed by atoms with Crippen molar-refractivity contribution in [3.05, 3.63) is 59.1 Å². The summed E-state index contributed by atoms with van der Waals surface area (Å²) in [6.07, 6.45) is -0.344. The summed E-state index contributed by atoms with van der Waals surface area (Å²) in [6.45, 7) is -0.309. The van der Waals surface area contributed by atoms with Gasteiger partial charge in [0.1, 0.15) is 19.3 Å². The van der Waals surface area contributed by atoms with Gasteiger partial charge in [0.25, 0.3) is 11.8 Å². The van der Waals surface area contributed by atoms with Crippen molar-refractivity contribution in [2.24, 2.45) is 0 Å². The van der Waals surface area contributed by atoms with Crippen LogP contribution in [-0.2, 0) is 14.3 Å². The standard InChI is InChI=1S/C20H19ClN2O6/c21-14-7-5-13(6-8-14)20(26)23-10-19(25)28-12-18(24)22-9-15-11-27-16-3-1-2-4-17(16)29-15/h1-8,15H,9-12H2,(H,22,24)(H,23,26)/t15-/m0/s1. The smallest absolute Gasteiger partial charge is 0.325 e. The van der Waals surface area contributed by atoms with Gasteiger partial charge in [0.05, 0.1) is 6.54 Å². The maximum atomic E-state index is 11.9. The lowest BCUT2D eigenvalue weighted by molar-refractivity contribution is -0.147. The Morgan fingerprint density at radius 2 is 1.76 bits per heavy atom. The molecule has 1 aliphatic heterocycles. The average molecular weight is 419 g/mol. The van der Waals surface area contributed by atoms with Crippen LogP contribution < -0.4 is 20.1 Å². The molecule has 1 aliphatic rings. The van der Waals surface area contributed by atoms with Crippen molar-refractivity contribution in [2.45, 2.75) is 6.10 Å². The number of esters is 1. The number of carbonyl (C=O) groups excluding carboxylic acids is 3. The molecule has 2 aromatic rings. The third-order valence-corrected chi connectivity index (χ3v) is 4.21. The number of halogens is 1. The van der Waals surface area contributed by atoms with E-state index >= 15 is 0 Å². The van der Waals surface area contributed by atoms with Crippen LogP contribution in [0.4, 0.5) is 0 Å². The highest BCUT2D eigenvalue weighted by atomic mass is 35.5. The van der Waals surface area contributed by atoms with Gasteiger partial charge in [0, 0.05) is 10.6 Å². The highest BCUT2D eigenvalue weighted by Gasteiger charge is 2.21. The molecule has 152 valence electrons. The molecule has 0 aliphatic carbocycles. The topological polar surface area (TPSA) is 103 Å². The SMILES string of the molecule is O=C(COC(=O)CNC(=O)c1ccc(Cl)cc1)NC[C@H]1COc2ccccc2O1. The largest absolute Gasteiger partial charge is 0.486 e. The number of hydrogen-bond acceptors (Lipinski definition) is 6. The summed E-state index contributed by atoms with van der Waals surface area (Å²) in [5.41, 5.74) is 0.358. The zero-order valence-electron chi connectivity index (χ0n) is 15.4. The Hall–Kier alpha value is -3.26. The molecule has 0 saturated heterocycles. The average Bonchev–Trinajstić information content (AvgIpc) is 2.75. The molecule has 0 fully saturated rings. The lowest BCUT2D eigenvalue weighted by Gasteiger charge is -2.26. The summed E-state index contributed by atoms with van der Waals surface area (Å²) in [7, 11) is 0. The summed E-state index contributed by atoms with van der Waals surface area (Å²) in [4.78, 5) is 35.4. The second-order valence-corrected chi connectivity index (χ2v) is 6.59. The zero-order chi connectivity index (χ0) is 20.6. The minimum Gasteiger partial charge on any atom is -0.486 e. The van der Waals surface area contributed by atoms with E-state index < -0.39 is 24.4 Å². The maximum absolute atomic E-state index is 11.9. The second kappa shape index (κ2) is 9.79. The Morgan fingerprint density at radius 3 is 2.52 bits per heavy atom. The number of para-hydroxylation sites is 2. The highest BCUT2D eigenvalue weighted by Crippen LogP contribution is 2.30. The van der Waals surface area contributed by atoms with E-state index in [1.165, 1.54) is 12.1 Å². The van der Waals surface area contributed by atoms with Crippen molar-refractivity contribution >= 4 is 29.4 Å². The first-order chi connectivity index (χ1) is 14.0. The number of amides is 2. The van der Waals surface area contributed by atoms with Gasteiger partial charge in [-0.2, -0.15) is 0 Å². The third kappa shape index (κ3) is 6.11. The van der Waals surface area contributed by atoms with Gasteiger partial charge in [0.15, 0.2) is 18.1 Å². The van der Waals surface area contributed by atoms with Crippen LogP contribution in [0.1, 0.15) is 10.4 Å². The van der Waals surface area contributed by atoms with Gasteiger partial charge < -0.3 is 24.8 Å². The van der Waals surface area contributed by atoms with Crippen molar-refractivity contribution in [3.8, 4) is 11.5 Å². The predicted octanol–water partition coefficient (Wildman–Crippen LogP) is 1.57. The van der Waals surface area contributed by atoms with Crippen molar-refractivity contribution in [2.75, 3.05) is 26.3 Å². The van der Waals surface area contributed by atoms with E-state index in [0.717, 1.165) is 0 Å². The summed E-state index contributed by atoms with van der Waals surface area (Å²) < 4.78 is 16.1. The van der Waals surface area contributed by atoms with Crippen molar-refractivity contribution in [3.63, 3.8) is 0 Å². The molecule has 0 radical (unpaired) electrons. The fourth-order valence-electron chi connectivity index (χ4n) is 2.50. The van der Waals surface area contributed by atoms with Crippen LogP contribution in [0.25, 0.3) is 0 Å². The summed E-state index contributed by atoms with van der Waals surface area (Å²) in [5, 5.41) is 5.53. The van der Waals surface area contributed by atoms with Crippen LogP contribution in [-0.4, -0.2) is 50.2 Å². The lowest BCUT2D eigenvalue weighted by Crippen LogP contribution is -2.42. The molecule has 1 atom stereocenters.